The third-order valence-electron chi connectivity index (χ3n) is 2.45. The Bertz CT molecular complexity index is 120. The molecule has 0 aromatic heterocycles. The Morgan fingerprint density at radius 2 is 1.92 bits per heavy atom. The molecule has 3 heteroatoms. The van der Waals surface area contributed by atoms with E-state index >= 15 is 0 Å². The summed E-state index contributed by atoms with van der Waals surface area (Å²) in [6.07, 6.45) is 1.30. The first-order valence-corrected chi connectivity index (χ1v) is 8.24. The number of hydrogen-bond donors (Lipinski definition) is 0. The molecule has 0 aliphatic carbocycles. The van der Waals surface area contributed by atoms with Crippen LogP contribution < -0.4 is 0 Å². The molecule has 0 aromatic rings. The SMILES string of the molecule is CCC(C)N([SiH2]C[SiH3])C(C)(C)C. The molecule has 74 valence electrons. The van der Waals surface area contributed by atoms with Gasteiger partial charge >= 0.3 is 0 Å². The second kappa shape index (κ2) is 5.19. The molecule has 0 aliphatic heterocycles. The molecule has 1 unspecified atom stereocenters. The minimum Gasteiger partial charge on any atom is -0.322 e. The lowest BCUT2D eigenvalue weighted by molar-refractivity contribution is 0.198. The molecular weight excluding hydrogens is 178 g/mol. The van der Waals surface area contributed by atoms with Crippen molar-refractivity contribution in [3.8, 4) is 0 Å². The molecule has 0 spiro atoms. The zero-order valence-corrected chi connectivity index (χ0v) is 13.1. The third-order valence-corrected chi connectivity index (χ3v) is 6.29. The molecule has 0 aliphatic rings. The normalized spacial score (nSPS) is 16.5. The molecular formula is C9H25NSi2. The lowest BCUT2D eigenvalue weighted by atomic mass is 10.1. The van der Waals surface area contributed by atoms with Gasteiger partial charge in [0, 0.05) is 15.8 Å². The highest BCUT2D eigenvalue weighted by Crippen LogP contribution is 2.17. The van der Waals surface area contributed by atoms with Crippen LogP contribution in [0, 0.1) is 0 Å². The van der Waals surface area contributed by atoms with E-state index in [0.29, 0.717) is 5.54 Å². The third kappa shape index (κ3) is 3.87. The molecule has 0 aromatic carbocycles. The average Bonchev–Trinajstić information content (AvgIpc) is 1.96. The molecule has 0 fully saturated rings. The van der Waals surface area contributed by atoms with Gasteiger partial charge in [-0.15, -0.1) is 0 Å². The lowest BCUT2D eigenvalue weighted by Gasteiger charge is -2.40. The maximum atomic E-state index is 2.76. The zero-order valence-electron chi connectivity index (χ0n) is 9.65. The van der Waals surface area contributed by atoms with Gasteiger partial charge in [0.15, 0.2) is 0 Å². The van der Waals surface area contributed by atoms with Crippen molar-refractivity contribution in [1.29, 1.82) is 0 Å². The van der Waals surface area contributed by atoms with Crippen LogP contribution in [0.5, 0.6) is 0 Å². The predicted octanol–water partition coefficient (Wildman–Crippen LogP) is 0.710. The van der Waals surface area contributed by atoms with Gasteiger partial charge in [0.2, 0.25) is 0 Å². The largest absolute Gasteiger partial charge is 0.322 e. The molecule has 0 heterocycles. The minimum atomic E-state index is 0.0681. The van der Waals surface area contributed by atoms with Gasteiger partial charge in [-0.2, -0.15) is 0 Å². The summed E-state index contributed by atoms with van der Waals surface area (Å²) in [6, 6.07) is 0.797. The van der Waals surface area contributed by atoms with Gasteiger partial charge in [-0.05, 0) is 33.2 Å². The molecule has 0 radical (unpaired) electrons. The summed E-state index contributed by atoms with van der Waals surface area (Å²) in [6.45, 7) is 11.7. The van der Waals surface area contributed by atoms with Gasteiger partial charge in [0.05, 0.1) is 9.68 Å². The standard InChI is InChI=1S/C9H25NSi2/c1-6-8(2)10(12-7-11)9(3,4)5/h8H,6-7,12H2,1-5,11H3. The fourth-order valence-corrected chi connectivity index (χ4v) is 4.98. The second-order valence-electron chi connectivity index (χ2n) is 4.62. The van der Waals surface area contributed by atoms with Crippen LogP contribution in [0.15, 0.2) is 0 Å². The summed E-state index contributed by atoms with van der Waals surface area (Å²) < 4.78 is 2.76. The van der Waals surface area contributed by atoms with E-state index in [9.17, 15) is 0 Å². The fraction of sp³-hybridized carbons (Fsp3) is 1.00. The number of rotatable bonds is 4. The van der Waals surface area contributed by atoms with Crippen molar-refractivity contribution in [2.24, 2.45) is 0 Å². The smallest absolute Gasteiger partial charge is 0.0926 e. The van der Waals surface area contributed by atoms with E-state index in [-0.39, 0.29) is 9.68 Å². The van der Waals surface area contributed by atoms with Crippen molar-refractivity contribution in [2.75, 3.05) is 0 Å². The molecule has 0 rings (SSSR count). The average molecular weight is 203 g/mol. The van der Waals surface area contributed by atoms with E-state index in [0.717, 1.165) is 6.04 Å². The molecule has 1 atom stereocenters. The van der Waals surface area contributed by atoms with Crippen molar-refractivity contribution >= 4 is 19.9 Å². The Labute approximate surface area is 83.2 Å². The first kappa shape index (κ1) is 12.4. The number of hydrogen-bond acceptors (Lipinski definition) is 1. The predicted molar refractivity (Wildman–Crippen MR) is 64.6 cm³/mol. The van der Waals surface area contributed by atoms with Crippen LogP contribution >= 0.6 is 0 Å². The van der Waals surface area contributed by atoms with Gasteiger partial charge in [-0.3, -0.25) is 0 Å². The van der Waals surface area contributed by atoms with Gasteiger partial charge in [0.1, 0.15) is 0 Å². The van der Waals surface area contributed by atoms with Crippen LogP contribution in [0.3, 0.4) is 0 Å². The summed E-state index contributed by atoms with van der Waals surface area (Å²) in [5.74, 6) is 0. The highest BCUT2D eigenvalue weighted by molar-refractivity contribution is 6.44. The molecule has 0 N–H and O–H groups in total. The minimum absolute atomic E-state index is 0.0681. The molecule has 0 saturated heterocycles. The van der Waals surface area contributed by atoms with Gasteiger partial charge in [0.25, 0.3) is 0 Å². The highest BCUT2D eigenvalue weighted by Gasteiger charge is 2.23. The van der Waals surface area contributed by atoms with Crippen molar-refractivity contribution in [2.45, 2.75) is 58.3 Å². The first-order chi connectivity index (χ1) is 5.43. The zero-order chi connectivity index (χ0) is 9.78. The van der Waals surface area contributed by atoms with Crippen molar-refractivity contribution < 1.29 is 0 Å². The summed E-state index contributed by atoms with van der Waals surface area (Å²) in [5.41, 5.74) is 1.94. The van der Waals surface area contributed by atoms with E-state index in [1.165, 1.54) is 22.3 Å². The second-order valence-corrected chi connectivity index (χ2v) is 9.75. The van der Waals surface area contributed by atoms with Crippen LogP contribution in [0.1, 0.15) is 41.0 Å². The van der Waals surface area contributed by atoms with Crippen LogP contribution in [0.4, 0.5) is 0 Å². The van der Waals surface area contributed by atoms with Gasteiger partial charge < -0.3 is 4.57 Å². The van der Waals surface area contributed by atoms with Crippen molar-refractivity contribution in [3.05, 3.63) is 0 Å². The Hall–Kier alpha value is 0.394. The topological polar surface area (TPSA) is 3.24 Å². The summed E-state index contributed by atoms with van der Waals surface area (Å²) in [4.78, 5) is 0. The fourth-order valence-electron chi connectivity index (χ4n) is 1.68. The quantitative estimate of drug-likeness (QED) is 0.609. The van der Waals surface area contributed by atoms with Crippen LogP contribution in [-0.4, -0.2) is 36.1 Å². The summed E-state index contributed by atoms with van der Waals surface area (Å²) in [5, 5.41) is 0. The van der Waals surface area contributed by atoms with E-state index in [1.54, 1.807) is 0 Å². The first-order valence-electron chi connectivity index (χ1n) is 5.20. The maximum absolute atomic E-state index is 2.76. The van der Waals surface area contributed by atoms with E-state index in [4.69, 9.17) is 0 Å². The highest BCUT2D eigenvalue weighted by atomic mass is 28.3. The Kier molecular flexibility index (Phi) is 5.36. The van der Waals surface area contributed by atoms with E-state index in [2.05, 4.69) is 39.2 Å². The molecule has 0 amide bonds. The monoisotopic (exact) mass is 203 g/mol. The summed E-state index contributed by atoms with van der Waals surface area (Å²) in [7, 11) is 1.46. The lowest BCUT2D eigenvalue weighted by Crippen LogP contribution is -2.48. The molecule has 1 nitrogen and oxygen atoms in total. The van der Waals surface area contributed by atoms with E-state index < -0.39 is 0 Å². The van der Waals surface area contributed by atoms with E-state index in [1.807, 2.05) is 0 Å². The van der Waals surface area contributed by atoms with Crippen molar-refractivity contribution in [1.82, 2.24) is 4.57 Å². The van der Waals surface area contributed by atoms with Crippen LogP contribution in [0.25, 0.3) is 0 Å². The molecule has 0 bridgehead atoms. The number of nitrogens with zero attached hydrogens (tertiary/aromatic N) is 1. The van der Waals surface area contributed by atoms with Crippen LogP contribution in [0.2, 0.25) is 5.67 Å². The Morgan fingerprint density at radius 3 is 2.17 bits per heavy atom. The van der Waals surface area contributed by atoms with Gasteiger partial charge in [-0.1, -0.05) is 19.5 Å². The Morgan fingerprint density at radius 1 is 1.42 bits per heavy atom. The van der Waals surface area contributed by atoms with Crippen molar-refractivity contribution in [3.63, 3.8) is 0 Å². The molecule has 0 saturated carbocycles. The molecule has 12 heavy (non-hydrogen) atoms. The summed E-state index contributed by atoms with van der Waals surface area (Å²) >= 11 is 0. The van der Waals surface area contributed by atoms with Crippen LogP contribution in [-0.2, 0) is 0 Å². The van der Waals surface area contributed by atoms with Gasteiger partial charge in [-0.25, -0.2) is 0 Å². The Balaban J connectivity index is 4.22. The maximum Gasteiger partial charge on any atom is 0.0926 e.